The van der Waals surface area contributed by atoms with Crippen molar-refractivity contribution in [1.29, 1.82) is 0 Å². The van der Waals surface area contributed by atoms with Crippen molar-refractivity contribution in [2.75, 3.05) is 39.6 Å². The highest BCUT2D eigenvalue weighted by molar-refractivity contribution is 4.94. The lowest BCUT2D eigenvalue weighted by molar-refractivity contribution is 0.0128. The molecule has 4 aliphatic rings. The first-order valence-corrected chi connectivity index (χ1v) is 8.64. The Balaban J connectivity index is 1.12. The topological polar surface area (TPSA) is 86.6 Å². The molecule has 0 aliphatic carbocycles. The molecule has 4 heterocycles. The predicted molar refractivity (Wildman–Crippen MR) is 78.0 cm³/mol. The van der Waals surface area contributed by atoms with E-state index in [0.29, 0.717) is 51.5 Å². The third-order valence-electron chi connectivity index (χ3n) is 5.53. The second-order valence-electron chi connectivity index (χ2n) is 7.04. The molecule has 0 aromatic heterocycles. The number of aliphatic hydroxyl groups is 2. The number of ether oxygens (including phenoxy) is 5. The zero-order chi connectivity index (χ0) is 15.8. The monoisotopic (exact) mass is 330 g/mol. The Bertz CT molecular complexity index is 370. The van der Waals surface area contributed by atoms with Gasteiger partial charge in [0.25, 0.3) is 0 Å². The van der Waals surface area contributed by atoms with Gasteiger partial charge in [-0.05, 0) is 12.8 Å². The average Bonchev–Trinajstić information content (AvgIpc) is 3.27. The second-order valence-corrected chi connectivity index (χ2v) is 7.04. The van der Waals surface area contributed by atoms with Crippen LogP contribution in [-0.2, 0) is 23.7 Å². The first kappa shape index (κ1) is 16.2. The van der Waals surface area contributed by atoms with Gasteiger partial charge in [0.15, 0.2) is 0 Å². The molecule has 2 N–H and O–H groups in total. The molecule has 4 rings (SSSR count). The van der Waals surface area contributed by atoms with Crippen molar-refractivity contribution in [1.82, 2.24) is 0 Å². The third kappa shape index (κ3) is 3.16. The molecule has 0 saturated carbocycles. The van der Waals surface area contributed by atoms with E-state index in [2.05, 4.69) is 0 Å². The summed E-state index contributed by atoms with van der Waals surface area (Å²) in [6.07, 6.45) is 0.534. The zero-order valence-corrected chi connectivity index (χ0v) is 13.2. The van der Waals surface area contributed by atoms with Gasteiger partial charge in [0.2, 0.25) is 0 Å². The second kappa shape index (κ2) is 6.92. The molecular formula is C16H26O7. The number of fused-ring (bicyclic) bond motifs is 2. The quantitative estimate of drug-likeness (QED) is 0.625. The Morgan fingerprint density at radius 3 is 1.57 bits per heavy atom. The summed E-state index contributed by atoms with van der Waals surface area (Å²) in [6, 6.07) is 0. The van der Waals surface area contributed by atoms with Crippen LogP contribution in [0, 0.1) is 11.8 Å². The fourth-order valence-corrected chi connectivity index (χ4v) is 4.18. The lowest BCUT2D eigenvalue weighted by atomic mass is 9.98. The van der Waals surface area contributed by atoms with E-state index >= 15 is 0 Å². The van der Waals surface area contributed by atoms with Crippen LogP contribution in [-0.4, -0.2) is 86.5 Å². The molecule has 4 aliphatic heterocycles. The smallest absolute Gasteiger partial charge is 0.112 e. The van der Waals surface area contributed by atoms with Crippen molar-refractivity contribution in [2.45, 2.75) is 49.5 Å². The largest absolute Gasteiger partial charge is 0.388 e. The highest BCUT2D eigenvalue weighted by Crippen LogP contribution is 2.34. The maximum absolute atomic E-state index is 9.72. The lowest BCUT2D eigenvalue weighted by Crippen LogP contribution is -2.29. The number of rotatable bonds is 6. The van der Waals surface area contributed by atoms with Crippen LogP contribution in [0.2, 0.25) is 0 Å². The van der Waals surface area contributed by atoms with Gasteiger partial charge in [0.1, 0.15) is 24.4 Å². The lowest BCUT2D eigenvalue weighted by Gasteiger charge is -2.17. The molecular weight excluding hydrogens is 304 g/mol. The van der Waals surface area contributed by atoms with E-state index < -0.39 is 12.2 Å². The molecule has 4 fully saturated rings. The SMILES string of the molecule is O[C@@H]1COC2C1OC[C@@H]2CCOCC[C@H]1COC2C1OC[C@H]2O. The van der Waals surface area contributed by atoms with Gasteiger partial charge in [-0.2, -0.15) is 0 Å². The van der Waals surface area contributed by atoms with Crippen LogP contribution in [0.25, 0.3) is 0 Å². The highest BCUT2D eigenvalue weighted by Gasteiger charge is 2.47. The molecule has 23 heavy (non-hydrogen) atoms. The normalized spacial score (nSPS) is 48.8. The van der Waals surface area contributed by atoms with Crippen LogP contribution in [0.15, 0.2) is 0 Å². The van der Waals surface area contributed by atoms with Crippen molar-refractivity contribution in [3.05, 3.63) is 0 Å². The van der Waals surface area contributed by atoms with Crippen molar-refractivity contribution in [2.24, 2.45) is 11.8 Å². The minimum absolute atomic E-state index is 0.0194. The van der Waals surface area contributed by atoms with Crippen LogP contribution in [0.1, 0.15) is 12.8 Å². The first-order chi connectivity index (χ1) is 11.2. The fraction of sp³-hybridized carbons (Fsp3) is 1.00. The van der Waals surface area contributed by atoms with E-state index in [-0.39, 0.29) is 24.4 Å². The van der Waals surface area contributed by atoms with Crippen LogP contribution < -0.4 is 0 Å². The Hall–Kier alpha value is -0.280. The first-order valence-electron chi connectivity index (χ1n) is 8.64. The van der Waals surface area contributed by atoms with Gasteiger partial charge in [-0.3, -0.25) is 0 Å². The van der Waals surface area contributed by atoms with E-state index in [1.165, 1.54) is 0 Å². The van der Waals surface area contributed by atoms with Crippen molar-refractivity contribution >= 4 is 0 Å². The van der Waals surface area contributed by atoms with Gasteiger partial charge in [0, 0.05) is 25.0 Å². The Morgan fingerprint density at radius 1 is 0.652 bits per heavy atom. The maximum atomic E-state index is 9.72. The summed E-state index contributed by atoms with van der Waals surface area (Å²) in [5, 5.41) is 19.4. The Labute approximate surface area is 135 Å². The van der Waals surface area contributed by atoms with Gasteiger partial charge in [-0.15, -0.1) is 0 Å². The summed E-state index contributed by atoms with van der Waals surface area (Å²) in [7, 11) is 0. The third-order valence-corrected chi connectivity index (χ3v) is 5.53. The van der Waals surface area contributed by atoms with E-state index in [1.54, 1.807) is 0 Å². The summed E-state index contributed by atoms with van der Waals surface area (Å²) in [5.74, 6) is 0.620. The van der Waals surface area contributed by atoms with Gasteiger partial charge < -0.3 is 33.9 Å². The summed E-state index contributed by atoms with van der Waals surface area (Å²) in [4.78, 5) is 0. The minimum atomic E-state index is -0.483. The molecule has 0 aromatic rings. The Morgan fingerprint density at radius 2 is 1.09 bits per heavy atom. The van der Waals surface area contributed by atoms with Crippen LogP contribution in [0.4, 0.5) is 0 Å². The minimum Gasteiger partial charge on any atom is -0.388 e. The molecule has 132 valence electrons. The zero-order valence-electron chi connectivity index (χ0n) is 13.2. The molecule has 7 nitrogen and oxygen atoms in total. The summed E-state index contributed by atoms with van der Waals surface area (Å²) in [5.41, 5.74) is 0. The molecule has 0 bridgehead atoms. The summed E-state index contributed by atoms with van der Waals surface area (Å²) >= 11 is 0. The average molecular weight is 330 g/mol. The van der Waals surface area contributed by atoms with Crippen LogP contribution in [0.3, 0.4) is 0 Å². The van der Waals surface area contributed by atoms with E-state index in [4.69, 9.17) is 23.7 Å². The molecule has 8 atom stereocenters. The van der Waals surface area contributed by atoms with E-state index in [0.717, 1.165) is 12.8 Å². The van der Waals surface area contributed by atoms with Gasteiger partial charge in [-0.25, -0.2) is 0 Å². The molecule has 4 saturated heterocycles. The fourth-order valence-electron chi connectivity index (χ4n) is 4.18. The number of hydrogen-bond donors (Lipinski definition) is 2. The predicted octanol–water partition coefficient (Wildman–Crippen LogP) is -0.667. The van der Waals surface area contributed by atoms with Gasteiger partial charge in [-0.1, -0.05) is 0 Å². The summed E-state index contributed by atoms with van der Waals surface area (Å²) < 4.78 is 28.2. The molecule has 0 aromatic carbocycles. The highest BCUT2D eigenvalue weighted by atomic mass is 16.6. The molecule has 0 amide bonds. The molecule has 0 radical (unpaired) electrons. The van der Waals surface area contributed by atoms with Crippen molar-refractivity contribution in [3.8, 4) is 0 Å². The van der Waals surface area contributed by atoms with Gasteiger partial charge >= 0.3 is 0 Å². The van der Waals surface area contributed by atoms with Crippen LogP contribution >= 0.6 is 0 Å². The van der Waals surface area contributed by atoms with Crippen molar-refractivity contribution in [3.63, 3.8) is 0 Å². The van der Waals surface area contributed by atoms with Crippen LogP contribution in [0.5, 0.6) is 0 Å². The maximum Gasteiger partial charge on any atom is 0.112 e. The number of hydrogen-bond acceptors (Lipinski definition) is 7. The van der Waals surface area contributed by atoms with Gasteiger partial charge in [0.05, 0.1) is 38.6 Å². The molecule has 7 heteroatoms. The molecule has 0 spiro atoms. The van der Waals surface area contributed by atoms with Crippen molar-refractivity contribution < 1.29 is 33.9 Å². The number of aliphatic hydroxyl groups excluding tert-OH is 2. The van der Waals surface area contributed by atoms with E-state index in [9.17, 15) is 10.2 Å². The molecule has 4 unspecified atom stereocenters. The van der Waals surface area contributed by atoms with E-state index in [1.807, 2.05) is 0 Å². The Kier molecular flexibility index (Phi) is 4.87. The summed E-state index contributed by atoms with van der Waals surface area (Å²) in [6.45, 7) is 3.37. The standard InChI is InChI=1S/C16H26O7/c17-11-7-22-13-9(5-20-15(11)13)1-3-19-4-2-10-6-21-16-12(18)8-23-14(10)16/h9-18H,1-8H2/t9-,10-,11+,12+,13?,14?,15?,16?/m0/s1.